The molecule has 0 aliphatic heterocycles. The lowest BCUT2D eigenvalue weighted by Gasteiger charge is -2.35. The topological polar surface area (TPSA) is 81.7 Å². The second-order valence-electron chi connectivity index (χ2n) is 8.12. The zero-order valence-corrected chi connectivity index (χ0v) is 17.0. The van der Waals surface area contributed by atoms with Gasteiger partial charge in [-0.2, -0.15) is 0 Å². The van der Waals surface area contributed by atoms with Crippen molar-refractivity contribution < 1.29 is 23.9 Å². The van der Waals surface area contributed by atoms with E-state index in [0.29, 0.717) is 11.1 Å². The molecule has 0 fully saturated rings. The molecular formula is C23H25NO5. The monoisotopic (exact) mass is 395 g/mol. The summed E-state index contributed by atoms with van der Waals surface area (Å²) in [7, 11) is 1.25. The van der Waals surface area contributed by atoms with Gasteiger partial charge in [0.25, 0.3) is 0 Å². The van der Waals surface area contributed by atoms with Crippen molar-refractivity contribution in [3.05, 3.63) is 71.3 Å². The SMILES string of the molecule is COC(=O)[C@]1([C@H](NC(=O)OC(C)(C)C)c2ccccc2)Cc2ccccc2C1=O. The number of carbonyl (C=O) groups is 3. The van der Waals surface area contributed by atoms with Crippen molar-refractivity contribution in [2.75, 3.05) is 7.11 Å². The highest BCUT2D eigenvalue weighted by molar-refractivity contribution is 6.17. The number of hydrogen-bond donors (Lipinski definition) is 1. The number of nitrogens with one attached hydrogen (secondary N) is 1. The van der Waals surface area contributed by atoms with Gasteiger partial charge in [0.1, 0.15) is 5.60 Å². The lowest BCUT2D eigenvalue weighted by molar-refractivity contribution is -0.151. The van der Waals surface area contributed by atoms with Crippen molar-refractivity contribution in [3.63, 3.8) is 0 Å². The number of methoxy groups -OCH3 is 1. The summed E-state index contributed by atoms with van der Waals surface area (Å²) in [5.74, 6) is -1.06. The number of hydrogen-bond acceptors (Lipinski definition) is 5. The molecule has 0 heterocycles. The number of Topliss-reactive ketones (excluding diaryl/α,β-unsaturated/α-hetero) is 1. The van der Waals surface area contributed by atoms with Crippen LogP contribution < -0.4 is 5.32 Å². The summed E-state index contributed by atoms with van der Waals surface area (Å²) in [4.78, 5) is 39.2. The molecule has 6 nitrogen and oxygen atoms in total. The van der Waals surface area contributed by atoms with Crippen LogP contribution in [0.1, 0.15) is 48.3 Å². The number of ketones is 1. The first-order valence-electron chi connectivity index (χ1n) is 9.44. The Balaban J connectivity index is 2.12. The summed E-state index contributed by atoms with van der Waals surface area (Å²) in [6.07, 6.45) is -0.581. The quantitative estimate of drug-likeness (QED) is 0.628. The smallest absolute Gasteiger partial charge is 0.408 e. The van der Waals surface area contributed by atoms with Crippen molar-refractivity contribution in [3.8, 4) is 0 Å². The Morgan fingerprint density at radius 3 is 2.24 bits per heavy atom. The van der Waals surface area contributed by atoms with Gasteiger partial charge in [0, 0.05) is 5.56 Å². The number of ether oxygens (including phenoxy) is 2. The summed E-state index contributed by atoms with van der Waals surface area (Å²) >= 11 is 0. The molecular weight excluding hydrogens is 370 g/mol. The van der Waals surface area contributed by atoms with Gasteiger partial charge < -0.3 is 14.8 Å². The third-order valence-electron chi connectivity index (χ3n) is 4.97. The molecule has 6 heteroatoms. The Morgan fingerprint density at radius 2 is 1.66 bits per heavy atom. The van der Waals surface area contributed by atoms with Crippen molar-refractivity contribution >= 4 is 17.8 Å². The largest absolute Gasteiger partial charge is 0.468 e. The molecule has 1 N–H and O–H groups in total. The van der Waals surface area contributed by atoms with Crippen LogP contribution in [0, 0.1) is 5.41 Å². The molecule has 0 bridgehead atoms. The van der Waals surface area contributed by atoms with Crippen LogP contribution in [0.2, 0.25) is 0 Å². The lowest BCUT2D eigenvalue weighted by Crippen LogP contribution is -2.51. The van der Waals surface area contributed by atoms with Gasteiger partial charge in [-0.25, -0.2) is 4.79 Å². The van der Waals surface area contributed by atoms with Crippen LogP contribution in [0.25, 0.3) is 0 Å². The first-order valence-corrected chi connectivity index (χ1v) is 9.44. The molecule has 0 saturated heterocycles. The van der Waals surface area contributed by atoms with E-state index in [1.54, 1.807) is 57.2 Å². The van der Waals surface area contributed by atoms with Crippen LogP contribution in [-0.2, 0) is 20.7 Å². The number of rotatable bonds is 4. The van der Waals surface area contributed by atoms with Gasteiger partial charge in [0.05, 0.1) is 13.2 Å². The summed E-state index contributed by atoms with van der Waals surface area (Å²) in [5.41, 5.74) is -0.520. The van der Waals surface area contributed by atoms with Crippen molar-refractivity contribution in [1.29, 1.82) is 0 Å². The molecule has 29 heavy (non-hydrogen) atoms. The fourth-order valence-corrected chi connectivity index (χ4v) is 3.78. The number of alkyl carbamates (subject to hydrolysis) is 1. The molecule has 3 rings (SSSR count). The molecule has 0 unspecified atom stereocenters. The Labute approximate surface area is 170 Å². The third-order valence-corrected chi connectivity index (χ3v) is 4.97. The van der Waals surface area contributed by atoms with E-state index in [1.807, 2.05) is 18.2 Å². The first kappa shape index (κ1) is 20.6. The zero-order valence-electron chi connectivity index (χ0n) is 17.0. The minimum atomic E-state index is -1.61. The highest BCUT2D eigenvalue weighted by Gasteiger charge is 2.58. The number of carbonyl (C=O) groups excluding carboxylic acids is 3. The second kappa shape index (κ2) is 7.70. The van der Waals surface area contributed by atoms with Crippen LogP contribution in [0.4, 0.5) is 4.79 Å². The van der Waals surface area contributed by atoms with Gasteiger partial charge in [-0.3, -0.25) is 9.59 Å². The van der Waals surface area contributed by atoms with E-state index >= 15 is 0 Å². The number of esters is 1. The summed E-state index contributed by atoms with van der Waals surface area (Å²) < 4.78 is 10.5. The van der Waals surface area contributed by atoms with Gasteiger partial charge in [0.2, 0.25) is 0 Å². The molecule has 1 aliphatic carbocycles. The first-order chi connectivity index (χ1) is 13.7. The minimum Gasteiger partial charge on any atom is -0.468 e. The van der Waals surface area contributed by atoms with Gasteiger partial charge in [-0.05, 0) is 38.3 Å². The van der Waals surface area contributed by atoms with E-state index in [1.165, 1.54) is 7.11 Å². The maximum Gasteiger partial charge on any atom is 0.408 e. The van der Waals surface area contributed by atoms with E-state index < -0.39 is 29.1 Å². The molecule has 1 aliphatic rings. The second-order valence-corrected chi connectivity index (χ2v) is 8.12. The predicted octanol–water partition coefficient (Wildman–Crippen LogP) is 3.85. The molecule has 0 radical (unpaired) electrons. The lowest BCUT2D eigenvalue weighted by atomic mass is 9.73. The third kappa shape index (κ3) is 3.88. The number of amides is 1. The van der Waals surface area contributed by atoms with Crippen LogP contribution in [0.3, 0.4) is 0 Å². The number of fused-ring (bicyclic) bond motifs is 1. The molecule has 1 amide bonds. The van der Waals surface area contributed by atoms with E-state index in [9.17, 15) is 14.4 Å². The Bertz CT molecular complexity index is 932. The van der Waals surface area contributed by atoms with Gasteiger partial charge >= 0.3 is 12.1 Å². The average Bonchev–Trinajstić information content (AvgIpc) is 2.98. The minimum absolute atomic E-state index is 0.129. The zero-order chi connectivity index (χ0) is 21.2. The molecule has 0 spiro atoms. The number of benzene rings is 2. The molecule has 152 valence electrons. The van der Waals surface area contributed by atoms with Crippen LogP contribution in [-0.4, -0.2) is 30.6 Å². The summed E-state index contributed by atoms with van der Waals surface area (Å²) in [6.45, 7) is 5.24. The van der Waals surface area contributed by atoms with Gasteiger partial charge in [-0.1, -0.05) is 54.6 Å². The van der Waals surface area contributed by atoms with Crippen LogP contribution >= 0.6 is 0 Å². The summed E-state index contributed by atoms with van der Waals surface area (Å²) in [6, 6.07) is 15.1. The van der Waals surface area contributed by atoms with Gasteiger partial charge in [-0.15, -0.1) is 0 Å². The van der Waals surface area contributed by atoms with Crippen LogP contribution in [0.15, 0.2) is 54.6 Å². The Kier molecular flexibility index (Phi) is 5.46. The molecule has 2 aromatic carbocycles. The van der Waals surface area contributed by atoms with Gasteiger partial charge in [0.15, 0.2) is 11.2 Å². The molecule has 2 aromatic rings. The van der Waals surface area contributed by atoms with Crippen molar-refractivity contribution in [1.82, 2.24) is 5.32 Å². The Hall–Kier alpha value is -3.15. The maximum absolute atomic E-state index is 13.5. The fraction of sp³-hybridized carbons (Fsp3) is 0.348. The fourth-order valence-electron chi connectivity index (χ4n) is 3.78. The maximum atomic E-state index is 13.5. The predicted molar refractivity (Wildman–Crippen MR) is 107 cm³/mol. The molecule has 0 saturated carbocycles. The normalized spacial score (nSPS) is 19.2. The highest BCUT2D eigenvalue weighted by Crippen LogP contribution is 2.47. The molecule has 2 atom stereocenters. The van der Waals surface area contributed by atoms with E-state index in [0.717, 1.165) is 5.56 Å². The van der Waals surface area contributed by atoms with E-state index in [2.05, 4.69) is 5.32 Å². The standard InChI is InChI=1S/C23H25NO5/c1-22(2,3)29-21(27)24-18(15-10-6-5-7-11-15)23(20(26)28-4)14-16-12-8-9-13-17(16)19(23)25/h5-13,18H,14H2,1-4H3,(H,24,27)/t18-,23+/m1/s1. The van der Waals surface area contributed by atoms with Crippen molar-refractivity contribution in [2.24, 2.45) is 5.41 Å². The van der Waals surface area contributed by atoms with E-state index in [-0.39, 0.29) is 12.2 Å². The highest BCUT2D eigenvalue weighted by atomic mass is 16.6. The van der Waals surface area contributed by atoms with Crippen LogP contribution in [0.5, 0.6) is 0 Å². The van der Waals surface area contributed by atoms with E-state index in [4.69, 9.17) is 9.47 Å². The van der Waals surface area contributed by atoms with Crippen molar-refractivity contribution in [2.45, 2.75) is 38.8 Å². The molecule has 0 aromatic heterocycles. The summed E-state index contributed by atoms with van der Waals surface area (Å²) in [5, 5.41) is 2.77. The average molecular weight is 395 g/mol. The Morgan fingerprint density at radius 1 is 1.03 bits per heavy atom.